The quantitative estimate of drug-likeness (QED) is 0.793. The van der Waals surface area contributed by atoms with Gasteiger partial charge in [0.2, 0.25) is 0 Å². The number of hydrogen-bond acceptors (Lipinski definition) is 3. The van der Waals surface area contributed by atoms with E-state index in [1.807, 2.05) is 26.4 Å². The van der Waals surface area contributed by atoms with Crippen LogP contribution in [0.4, 0.5) is 5.69 Å². The van der Waals surface area contributed by atoms with Gasteiger partial charge in [0.1, 0.15) is 5.69 Å². The first-order valence-electron chi connectivity index (χ1n) is 7.30. The van der Waals surface area contributed by atoms with E-state index in [1.165, 1.54) is 5.56 Å². The highest BCUT2D eigenvalue weighted by Crippen LogP contribution is 2.23. The van der Waals surface area contributed by atoms with Gasteiger partial charge in [0.25, 0.3) is 0 Å². The summed E-state index contributed by atoms with van der Waals surface area (Å²) in [5.74, 6) is 0.832. The number of nitrogens with one attached hydrogen (secondary N) is 1. The van der Waals surface area contributed by atoms with E-state index in [1.54, 1.807) is 0 Å². The van der Waals surface area contributed by atoms with E-state index < -0.39 is 0 Å². The van der Waals surface area contributed by atoms with E-state index in [-0.39, 0.29) is 0 Å². The van der Waals surface area contributed by atoms with Gasteiger partial charge in [-0.05, 0) is 42.3 Å². The molecule has 0 saturated heterocycles. The Morgan fingerprint density at radius 2 is 2.00 bits per heavy atom. The standard InChI is InChI=1S/C17H20N4/c1-4-5-12-8-9-18-16(10-12)17-19-14-7-6-13(21(2)3)11-15(14)20-17/h6-11H,4-5H2,1-3H3,(H,19,20). The van der Waals surface area contributed by atoms with Gasteiger partial charge < -0.3 is 9.88 Å². The number of rotatable bonds is 4. The van der Waals surface area contributed by atoms with E-state index >= 15 is 0 Å². The molecule has 0 aliphatic heterocycles. The molecule has 1 aromatic carbocycles. The minimum absolute atomic E-state index is 0.832. The molecule has 1 N–H and O–H groups in total. The molecule has 0 amide bonds. The van der Waals surface area contributed by atoms with Gasteiger partial charge in [-0.3, -0.25) is 4.98 Å². The third kappa shape index (κ3) is 2.75. The maximum atomic E-state index is 4.65. The van der Waals surface area contributed by atoms with Crippen molar-refractivity contribution in [2.24, 2.45) is 0 Å². The lowest BCUT2D eigenvalue weighted by atomic mass is 10.1. The van der Waals surface area contributed by atoms with E-state index in [9.17, 15) is 0 Å². The first kappa shape index (κ1) is 13.6. The van der Waals surface area contributed by atoms with Gasteiger partial charge in [-0.2, -0.15) is 0 Å². The second-order valence-corrected chi connectivity index (χ2v) is 5.48. The average molecular weight is 280 g/mol. The Labute approximate surface area is 124 Å². The molecule has 2 aromatic heterocycles. The normalized spacial score (nSPS) is 11.0. The summed E-state index contributed by atoms with van der Waals surface area (Å²) in [6.45, 7) is 2.18. The smallest absolute Gasteiger partial charge is 0.157 e. The number of aryl methyl sites for hydroxylation is 1. The van der Waals surface area contributed by atoms with Gasteiger partial charge in [0, 0.05) is 26.0 Å². The van der Waals surface area contributed by atoms with Crippen molar-refractivity contribution < 1.29 is 0 Å². The Kier molecular flexibility index (Phi) is 3.60. The van der Waals surface area contributed by atoms with E-state index in [0.29, 0.717) is 0 Å². The Bertz CT molecular complexity index is 758. The highest BCUT2D eigenvalue weighted by atomic mass is 15.1. The number of H-pyrrole nitrogens is 1. The molecule has 0 aliphatic rings. The third-order valence-electron chi connectivity index (χ3n) is 3.59. The van der Waals surface area contributed by atoms with Crippen LogP contribution in [0.2, 0.25) is 0 Å². The lowest BCUT2D eigenvalue weighted by molar-refractivity contribution is 0.918. The van der Waals surface area contributed by atoms with Crippen molar-refractivity contribution in [3.05, 3.63) is 42.1 Å². The van der Waals surface area contributed by atoms with E-state index in [4.69, 9.17) is 0 Å². The number of hydrogen-bond donors (Lipinski definition) is 1. The molecule has 21 heavy (non-hydrogen) atoms. The molecule has 0 bridgehead atoms. The van der Waals surface area contributed by atoms with E-state index in [0.717, 1.165) is 41.1 Å². The molecule has 0 aliphatic carbocycles. The maximum Gasteiger partial charge on any atom is 0.157 e. The number of aromatic amines is 1. The predicted octanol–water partition coefficient (Wildman–Crippen LogP) is 3.64. The Morgan fingerprint density at radius 3 is 2.76 bits per heavy atom. The van der Waals surface area contributed by atoms with Crippen LogP contribution < -0.4 is 4.90 Å². The summed E-state index contributed by atoms with van der Waals surface area (Å²) in [5, 5.41) is 0. The summed E-state index contributed by atoms with van der Waals surface area (Å²) in [6, 6.07) is 10.4. The highest BCUT2D eigenvalue weighted by Gasteiger charge is 2.08. The van der Waals surface area contributed by atoms with Crippen molar-refractivity contribution in [1.82, 2.24) is 15.0 Å². The van der Waals surface area contributed by atoms with Crippen molar-refractivity contribution in [3.8, 4) is 11.5 Å². The van der Waals surface area contributed by atoms with Crippen LogP contribution in [-0.4, -0.2) is 29.0 Å². The zero-order valence-corrected chi connectivity index (χ0v) is 12.7. The van der Waals surface area contributed by atoms with Crippen LogP contribution >= 0.6 is 0 Å². The van der Waals surface area contributed by atoms with Gasteiger partial charge in [0.05, 0.1) is 11.0 Å². The van der Waals surface area contributed by atoms with Crippen molar-refractivity contribution in [2.75, 3.05) is 19.0 Å². The van der Waals surface area contributed by atoms with Gasteiger partial charge in [-0.25, -0.2) is 4.98 Å². The maximum absolute atomic E-state index is 4.65. The van der Waals surface area contributed by atoms with Crippen LogP contribution in [0.1, 0.15) is 18.9 Å². The average Bonchev–Trinajstić information content (AvgIpc) is 2.91. The minimum Gasteiger partial charge on any atom is -0.378 e. The molecular weight excluding hydrogens is 260 g/mol. The molecule has 2 heterocycles. The number of fused-ring (bicyclic) bond motifs is 1. The molecule has 0 fully saturated rings. The molecular formula is C17H20N4. The zero-order valence-electron chi connectivity index (χ0n) is 12.7. The van der Waals surface area contributed by atoms with Crippen molar-refractivity contribution in [2.45, 2.75) is 19.8 Å². The predicted molar refractivity (Wildman–Crippen MR) is 87.6 cm³/mol. The fourth-order valence-electron chi connectivity index (χ4n) is 2.45. The molecule has 108 valence electrons. The molecule has 3 aromatic rings. The van der Waals surface area contributed by atoms with Gasteiger partial charge in [0.15, 0.2) is 5.82 Å². The summed E-state index contributed by atoms with van der Waals surface area (Å²) < 4.78 is 0. The van der Waals surface area contributed by atoms with Crippen LogP contribution in [-0.2, 0) is 6.42 Å². The van der Waals surface area contributed by atoms with Crippen molar-refractivity contribution in [3.63, 3.8) is 0 Å². The number of anilines is 1. The second-order valence-electron chi connectivity index (χ2n) is 5.48. The second kappa shape index (κ2) is 5.56. The zero-order chi connectivity index (χ0) is 14.8. The molecule has 0 radical (unpaired) electrons. The summed E-state index contributed by atoms with van der Waals surface area (Å²) in [4.78, 5) is 14.5. The summed E-state index contributed by atoms with van der Waals surface area (Å²) in [6.07, 6.45) is 4.06. The Balaban J connectivity index is 2.02. The SMILES string of the molecule is CCCc1ccnc(-c2nc3ccc(N(C)C)cc3[nH]2)c1. The number of benzene rings is 1. The van der Waals surface area contributed by atoms with Crippen molar-refractivity contribution in [1.29, 1.82) is 0 Å². The largest absolute Gasteiger partial charge is 0.378 e. The van der Waals surface area contributed by atoms with Crippen LogP contribution in [0.15, 0.2) is 36.5 Å². The topological polar surface area (TPSA) is 44.8 Å². The van der Waals surface area contributed by atoms with Gasteiger partial charge >= 0.3 is 0 Å². The molecule has 4 nitrogen and oxygen atoms in total. The summed E-state index contributed by atoms with van der Waals surface area (Å²) in [7, 11) is 4.07. The number of imidazole rings is 1. The first-order chi connectivity index (χ1) is 10.2. The van der Waals surface area contributed by atoms with Crippen LogP contribution in [0.25, 0.3) is 22.6 Å². The Morgan fingerprint density at radius 1 is 1.14 bits per heavy atom. The lowest BCUT2D eigenvalue weighted by Crippen LogP contribution is -2.07. The number of pyridine rings is 1. The molecule has 0 spiro atoms. The Hall–Kier alpha value is -2.36. The van der Waals surface area contributed by atoms with Crippen LogP contribution in [0, 0.1) is 0 Å². The number of aromatic nitrogens is 3. The first-order valence-corrected chi connectivity index (χ1v) is 7.30. The third-order valence-corrected chi connectivity index (χ3v) is 3.59. The van der Waals surface area contributed by atoms with Gasteiger partial charge in [-0.15, -0.1) is 0 Å². The fraction of sp³-hybridized carbons (Fsp3) is 0.294. The molecule has 4 heteroatoms. The monoisotopic (exact) mass is 280 g/mol. The van der Waals surface area contributed by atoms with E-state index in [2.05, 4.69) is 51.0 Å². The van der Waals surface area contributed by atoms with Crippen molar-refractivity contribution >= 4 is 16.7 Å². The highest BCUT2D eigenvalue weighted by molar-refractivity contribution is 5.82. The minimum atomic E-state index is 0.832. The fourth-order valence-corrected chi connectivity index (χ4v) is 2.45. The van der Waals surface area contributed by atoms with Gasteiger partial charge in [-0.1, -0.05) is 13.3 Å². The lowest BCUT2D eigenvalue weighted by Gasteiger charge is -2.11. The summed E-state index contributed by atoms with van der Waals surface area (Å²) >= 11 is 0. The molecule has 0 saturated carbocycles. The van der Waals surface area contributed by atoms with Crippen LogP contribution in [0.5, 0.6) is 0 Å². The molecule has 3 rings (SSSR count). The molecule has 0 unspecified atom stereocenters. The summed E-state index contributed by atoms with van der Waals surface area (Å²) in [5.41, 5.74) is 5.38. The van der Waals surface area contributed by atoms with Crippen LogP contribution in [0.3, 0.4) is 0 Å². The number of nitrogens with zero attached hydrogens (tertiary/aromatic N) is 3. The molecule has 0 atom stereocenters.